The van der Waals surface area contributed by atoms with Gasteiger partial charge in [0, 0.05) is 12.4 Å². The van der Waals surface area contributed by atoms with Crippen molar-refractivity contribution in [2.45, 2.75) is 11.9 Å². The molecule has 0 radical (unpaired) electrons. The molecule has 3 heterocycles. The molecule has 0 saturated carbocycles. The third kappa shape index (κ3) is 3.73. The van der Waals surface area contributed by atoms with Gasteiger partial charge in [-0.2, -0.15) is 5.10 Å². The largest absolute Gasteiger partial charge is 0.301 e. The Morgan fingerprint density at radius 2 is 2.19 bits per heavy atom. The van der Waals surface area contributed by atoms with E-state index < -0.39 is 0 Å². The summed E-state index contributed by atoms with van der Waals surface area (Å²) in [7, 11) is 0. The number of aryl methyl sites for hydroxylation is 1. The smallest absolute Gasteiger partial charge is 0.236 e. The first-order valence-corrected chi connectivity index (χ1v) is 9.61. The Morgan fingerprint density at radius 1 is 1.27 bits per heavy atom. The predicted molar refractivity (Wildman–Crippen MR) is 103 cm³/mol. The van der Waals surface area contributed by atoms with Gasteiger partial charge < -0.3 is 5.32 Å². The van der Waals surface area contributed by atoms with Crippen LogP contribution in [0.15, 0.2) is 53.8 Å². The zero-order valence-corrected chi connectivity index (χ0v) is 15.4. The molecule has 7 nitrogen and oxygen atoms in total. The zero-order valence-electron chi connectivity index (χ0n) is 13.8. The Balaban J connectivity index is 1.35. The highest BCUT2D eigenvalue weighted by atomic mass is 32.2. The molecule has 1 N–H and O–H groups in total. The fraction of sp³-hybridized carbons (Fsp3) is 0.118. The van der Waals surface area contributed by atoms with Gasteiger partial charge in [-0.3, -0.25) is 4.79 Å². The summed E-state index contributed by atoms with van der Waals surface area (Å²) < 4.78 is 2.69. The van der Waals surface area contributed by atoms with Crippen LogP contribution in [0.4, 0.5) is 5.13 Å². The number of nitrogens with one attached hydrogen (secondary N) is 1. The molecule has 0 fully saturated rings. The second-order valence-electron chi connectivity index (χ2n) is 5.51. The van der Waals surface area contributed by atoms with E-state index in [-0.39, 0.29) is 11.7 Å². The number of rotatable bonds is 5. The quantitative estimate of drug-likeness (QED) is 0.533. The number of amides is 1. The van der Waals surface area contributed by atoms with Gasteiger partial charge >= 0.3 is 0 Å². The van der Waals surface area contributed by atoms with E-state index in [2.05, 4.69) is 31.7 Å². The van der Waals surface area contributed by atoms with Gasteiger partial charge in [0.2, 0.25) is 5.91 Å². The number of carbonyl (C=O) groups excluding carboxylic acids is 1. The van der Waals surface area contributed by atoms with E-state index in [0.717, 1.165) is 10.2 Å². The lowest BCUT2D eigenvalue weighted by Gasteiger charge is -2.02. The lowest BCUT2D eigenvalue weighted by atomic mass is 10.2. The van der Waals surface area contributed by atoms with Crippen molar-refractivity contribution in [3.8, 4) is 5.82 Å². The van der Waals surface area contributed by atoms with Crippen LogP contribution in [-0.2, 0) is 4.79 Å². The number of hydrogen-bond acceptors (Lipinski definition) is 7. The van der Waals surface area contributed by atoms with E-state index in [4.69, 9.17) is 0 Å². The van der Waals surface area contributed by atoms with Gasteiger partial charge in [0.15, 0.2) is 10.9 Å². The third-order valence-corrected chi connectivity index (χ3v) is 5.36. The lowest BCUT2D eigenvalue weighted by molar-refractivity contribution is -0.113. The van der Waals surface area contributed by atoms with Gasteiger partial charge in [0.25, 0.3) is 0 Å². The summed E-state index contributed by atoms with van der Waals surface area (Å²) in [6, 6.07) is 11.5. The minimum atomic E-state index is -0.122. The standard InChI is InChI=1S/C17H14N6OS2/c1-11-3-4-12-13(9-11)26-17(19-12)20-15(24)10-25-16-6-5-14(21-22-16)23-8-2-7-18-23/h2-9H,10H2,1H3,(H,19,20,24). The average molecular weight is 382 g/mol. The molecule has 130 valence electrons. The molecule has 0 spiro atoms. The van der Waals surface area contributed by atoms with E-state index in [1.165, 1.54) is 28.7 Å². The van der Waals surface area contributed by atoms with Crippen molar-refractivity contribution >= 4 is 44.4 Å². The number of nitrogens with zero attached hydrogens (tertiary/aromatic N) is 5. The zero-order chi connectivity index (χ0) is 17.9. The summed E-state index contributed by atoms with van der Waals surface area (Å²) in [5, 5.41) is 16.4. The number of carbonyl (C=O) groups is 1. The minimum absolute atomic E-state index is 0.122. The van der Waals surface area contributed by atoms with Crippen LogP contribution in [0, 0.1) is 6.92 Å². The van der Waals surface area contributed by atoms with E-state index in [0.29, 0.717) is 16.0 Å². The van der Waals surface area contributed by atoms with Crippen molar-refractivity contribution in [2.75, 3.05) is 11.1 Å². The van der Waals surface area contributed by atoms with Crippen LogP contribution < -0.4 is 5.32 Å². The topological polar surface area (TPSA) is 85.6 Å². The Kier molecular flexibility index (Phi) is 4.63. The van der Waals surface area contributed by atoms with Crippen molar-refractivity contribution in [3.05, 3.63) is 54.4 Å². The molecule has 0 unspecified atom stereocenters. The van der Waals surface area contributed by atoms with Gasteiger partial charge in [0.1, 0.15) is 5.03 Å². The molecule has 0 aliphatic carbocycles. The molecule has 1 aromatic carbocycles. The highest BCUT2D eigenvalue weighted by molar-refractivity contribution is 7.99. The first kappa shape index (κ1) is 16.7. The van der Waals surface area contributed by atoms with Crippen molar-refractivity contribution in [1.29, 1.82) is 0 Å². The van der Waals surface area contributed by atoms with Gasteiger partial charge in [-0.05, 0) is 42.8 Å². The predicted octanol–water partition coefficient (Wildman–Crippen LogP) is 3.31. The Morgan fingerprint density at radius 3 is 2.96 bits per heavy atom. The monoisotopic (exact) mass is 382 g/mol. The summed E-state index contributed by atoms with van der Waals surface area (Å²) in [4.78, 5) is 16.6. The number of thiazole rings is 1. The average Bonchev–Trinajstić information content (AvgIpc) is 3.29. The first-order valence-electron chi connectivity index (χ1n) is 7.81. The molecule has 0 bridgehead atoms. The van der Waals surface area contributed by atoms with Crippen LogP contribution in [0.5, 0.6) is 0 Å². The fourth-order valence-electron chi connectivity index (χ4n) is 2.30. The molecule has 4 aromatic rings. The minimum Gasteiger partial charge on any atom is -0.301 e. The highest BCUT2D eigenvalue weighted by Crippen LogP contribution is 2.27. The van der Waals surface area contributed by atoms with Gasteiger partial charge in [0.05, 0.1) is 16.0 Å². The van der Waals surface area contributed by atoms with Crippen LogP contribution in [0.25, 0.3) is 16.0 Å². The molecule has 0 atom stereocenters. The van der Waals surface area contributed by atoms with Gasteiger partial charge in [-0.1, -0.05) is 29.2 Å². The van der Waals surface area contributed by atoms with Gasteiger partial charge in [-0.15, -0.1) is 10.2 Å². The third-order valence-electron chi connectivity index (χ3n) is 3.51. The van der Waals surface area contributed by atoms with E-state index in [9.17, 15) is 4.79 Å². The maximum Gasteiger partial charge on any atom is 0.236 e. The number of anilines is 1. The van der Waals surface area contributed by atoms with Crippen LogP contribution >= 0.6 is 23.1 Å². The summed E-state index contributed by atoms with van der Waals surface area (Å²) in [5.41, 5.74) is 2.07. The fourth-order valence-corrected chi connectivity index (χ4v) is 3.89. The number of thioether (sulfide) groups is 1. The van der Waals surface area contributed by atoms with E-state index >= 15 is 0 Å². The number of benzene rings is 1. The molecule has 0 aliphatic rings. The molecule has 0 aliphatic heterocycles. The van der Waals surface area contributed by atoms with E-state index in [1.54, 1.807) is 17.1 Å². The van der Waals surface area contributed by atoms with Gasteiger partial charge in [-0.25, -0.2) is 9.67 Å². The summed E-state index contributed by atoms with van der Waals surface area (Å²) >= 11 is 2.80. The van der Waals surface area contributed by atoms with Crippen molar-refractivity contribution in [1.82, 2.24) is 25.0 Å². The molecule has 9 heteroatoms. The lowest BCUT2D eigenvalue weighted by Crippen LogP contribution is -2.14. The second-order valence-corrected chi connectivity index (χ2v) is 7.53. The van der Waals surface area contributed by atoms with Crippen LogP contribution in [-0.4, -0.2) is 36.6 Å². The summed E-state index contributed by atoms with van der Waals surface area (Å²) in [6.45, 7) is 2.03. The molecule has 26 heavy (non-hydrogen) atoms. The Hall–Kier alpha value is -2.78. The molecule has 4 rings (SSSR count). The number of aromatic nitrogens is 5. The summed E-state index contributed by atoms with van der Waals surface area (Å²) in [5.74, 6) is 0.752. The van der Waals surface area contributed by atoms with Crippen molar-refractivity contribution in [3.63, 3.8) is 0 Å². The Labute approximate surface area is 157 Å². The second kappa shape index (κ2) is 7.22. The normalized spacial score (nSPS) is 11.0. The van der Waals surface area contributed by atoms with Crippen molar-refractivity contribution in [2.24, 2.45) is 0 Å². The molecular weight excluding hydrogens is 368 g/mol. The van der Waals surface area contributed by atoms with Crippen LogP contribution in [0.3, 0.4) is 0 Å². The van der Waals surface area contributed by atoms with Crippen LogP contribution in [0.2, 0.25) is 0 Å². The van der Waals surface area contributed by atoms with Crippen LogP contribution in [0.1, 0.15) is 5.56 Å². The molecule has 1 amide bonds. The summed E-state index contributed by atoms with van der Waals surface area (Å²) in [6.07, 6.45) is 3.47. The molecular formula is C17H14N6OS2. The number of fused-ring (bicyclic) bond motifs is 1. The molecule has 0 saturated heterocycles. The maximum absolute atomic E-state index is 12.2. The highest BCUT2D eigenvalue weighted by Gasteiger charge is 2.09. The van der Waals surface area contributed by atoms with E-state index in [1.807, 2.05) is 37.3 Å². The Bertz CT molecular complexity index is 1040. The van der Waals surface area contributed by atoms with Crippen molar-refractivity contribution < 1.29 is 4.79 Å². The maximum atomic E-state index is 12.2. The first-order chi connectivity index (χ1) is 12.7. The molecule has 3 aromatic heterocycles. The number of hydrogen-bond donors (Lipinski definition) is 1. The SMILES string of the molecule is Cc1ccc2nc(NC(=O)CSc3ccc(-n4cccn4)nn3)sc2c1.